The van der Waals surface area contributed by atoms with Gasteiger partial charge in [0.15, 0.2) is 0 Å². The van der Waals surface area contributed by atoms with Gasteiger partial charge in [0.25, 0.3) is 0 Å². The molecule has 1 fully saturated rings. The molecule has 172 valence electrons. The smallest absolute Gasteiger partial charge is 0.411 e. The van der Waals surface area contributed by atoms with Crippen LogP contribution in [0.5, 0.6) is 0 Å². The molecule has 7 nitrogen and oxygen atoms in total. The molecule has 0 atom stereocenters. The van der Waals surface area contributed by atoms with E-state index in [1.807, 2.05) is 55.2 Å². The fraction of sp³-hybridized carbons (Fsp3) is 0.296. The van der Waals surface area contributed by atoms with E-state index < -0.39 is 6.09 Å². The van der Waals surface area contributed by atoms with Crippen LogP contribution in [0.15, 0.2) is 61.2 Å². The largest absolute Gasteiger partial charge is 0.447 e. The second-order valence-corrected chi connectivity index (χ2v) is 9.03. The van der Waals surface area contributed by atoms with E-state index >= 15 is 0 Å². The molecule has 0 bridgehead atoms. The summed E-state index contributed by atoms with van der Waals surface area (Å²) in [5.41, 5.74) is 5.51. The molecule has 1 saturated carbocycles. The van der Waals surface area contributed by atoms with Crippen molar-refractivity contribution < 1.29 is 9.53 Å². The highest BCUT2D eigenvalue weighted by molar-refractivity contribution is 5.95. The van der Waals surface area contributed by atoms with Gasteiger partial charge in [0, 0.05) is 36.1 Å². The van der Waals surface area contributed by atoms with Gasteiger partial charge in [-0.1, -0.05) is 24.3 Å². The van der Waals surface area contributed by atoms with E-state index in [2.05, 4.69) is 39.1 Å². The van der Waals surface area contributed by atoms with Crippen molar-refractivity contribution in [3.05, 3.63) is 72.3 Å². The number of nitrogens with one attached hydrogen (secondary N) is 1. The number of anilines is 1. The summed E-state index contributed by atoms with van der Waals surface area (Å²) in [7, 11) is 0. The van der Waals surface area contributed by atoms with Crippen molar-refractivity contribution in [3.63, 3.8) is 0 Å². The van der Waals surface area contributed by atoms with Gasteiger partial charge < -0.3 is 13.9 Å². The molecule has 34 heavy (non-hydrogen) atoms. The summed E-state index contributed by atoms with van der Waals surface area (Å²) < 4.78 is 9.56. The number of amides is 1. The first-order chi connectivity index (χ1) is 16.5. The quantitative estimate of drug-likeness (QED) is 0.382. The second-order valence-electron chi connectivity index (χ2n) is 9.03. The van der Waals surface area contributed by atoms with Crippen molar-refractivity contribution in [3.8, 4) is 17.3 Å². The highest BCUT2D eigenvalue weighted by Gasteiger charge is 2.28. The molecule has 2 aromatic heterocycles. The molecule has 1 aliphatic rings. The molecule has 1 N–H and O–H groups in total. The van der Waals surface area contributed by atoms with Gasteiger partial charge in [-0.15, -0.1) is 0 Å². The number of imidazole rings is 1. The topological polar surface area (TPSA) is 84.9 Å². The molecule has 0 radical (unpaired) electrons. The minimum absolute atomic E-state index is 0.186. The van der Waals surface area contributed by atoms with E-state index in [9.17, 15) is 10.1 Å². The van der Waals surface area contributed by atoms with Crippen molar-refractivity contribution in [2.24, 2.45) is 0 Å². The molecule has 0 unspecified atom stereocenters. The Bertz CT molecular complexity index is 1360. The SMILES string of the molecule is CC(C)OC(=O)Nc1ccc(-c2c(C#N)c3ccc(Cn4ccnc4)cc3n2C2CCC2)cc1. The number of carbonyl (C=O) groups is 1. The van der Waals surface area contributed by atoms with Gasteiger partial charge in [-0.25, -0.2) is 9.78 Å². The normalized spacial score (nSPS) is 13.6. The Morgan fingerprint density at radius 3 is 2.65 bits per heavy atom. The minimum atomic E-state index is -0.477. The predicted octanol–water partition coefficient (Wildman–Crippen LogP) is 6.11. The molecule has 0 aliphatic heterocycles. The molecule has 0 spiro atoms. The minimum Gasteiger partial charge on any atom is -0.447 e. The van der Waals surface area contributed by atoms with E-state index in [4.69, 9.17) is 4.74 Å². The van der Waals surface area contributed by atoms with Gasteiger partial charge in [-0.05, 0) is 62.4 Å². The van der Waals surface area contributed by atoms with Gasteiger partial charge in [0.2, 0.25) is 0 Å². The Kier molecular flexibility index (Phi) is 5.81. The van der Waals surface area contributed by atoms with Crippen LogP contribution in [0, 0.1) is 11.3 Å². The number of rotatable bonds is 6. The Morgan fingerprint density at radius 2 is 2.03 bits per heavy atom. The third-order valence-electron chi connectivity index (χ3n) is 6.29. The second kappa shape index (κ2) is 9.06. The van der Waals surface area contributed by atoms with Crippen molar-refractivity contribution in [1.29, 1.82) is 5.26 Å². The lowest BCUT2D eigenvalue weighted by Crippen LogP contribution is -2.18. The van der Waals surface area contributed by atoms with Crippen LogP contribution < -0.4 is 5.32 Å². The number of carbonyl (C=O) groups excluding carboxylic acids is 1. The maximum Gasteiger partial charge on any atom is 0.411 e. The number of aromatic nitrogens is 3. The van der Waals surface area contributed by atoms with Crippen LogP contribution in [0.3, 0.4) is 0 Å². The summed E-state index contributed by atoms with van der Waals surface area (Å²) in [4.78, 5) is 16.1. The van der Waals surface area contributed by atoms with Crippen LogP contribution in [0.25, 0.3) is 22.2 Å². The molecule has 4 aromatic rings. The first kappa shape index (κ1) is 21.8. The van der Waals surface area contributed by atoms with Gasteiger partial charge in [0.1, 0.15) is 6.07 Å². The summed E-state index contributed by atoms with van der Waals surface area (Å²) in [5, 5.41) is 13.9. The molecule has 1 aliphatic carbocycles. The van der Waals surface area contributed by atoms with Crippen molar-refractivity contribution >= 4 is 22.7 Å². The van der Waals surface area contributed by atoms with E-state index in [0.29, 0.717) is 17.3 Å². The zero-order valence-corrected chi connectivity index (χ0v) is 19.4. The van der Waals surface area contributed by atoms with Gasteiger partial charge in [-0.3, -0.25) is 5.32 Å². The van der Waals surface area contributed by atoms with Crippen LogP contribution >= 0.6 is 0 Å². The van der Waals surface area contributed by atoms with Crippen molar-refractivity contribution in [1.82, 2.24) is 14.1 Å². The number of nitrogens with zero attached hydrogens (tertiary/aromatic N) is 4. The number of hydrogen-bond acceptors (Lipinski definition) is 4. The lowest BCUT2D eigenvalue weighted by atomic mass is 9.92. The molecule has 5 rings (SSSR count). The van der Waals surface area contributed by atoms with E-state index in [-0.39, 0.29) is 6.10 Å². The van der Waals surface area contributed by atoms with Crippen molar-refractivity contribution in [2.45, 2.75) is 51.8 Å². The van der Waals surface area contributed by atoms with Crippen LogP contribution in [-0.4, -0.2) is 26.3 Å². The summed E-state index contributed by atoms with van der Waals surface area (Å²) in [6.45, 7) is 4.36. The highest BCUT2D eigenvalue weighted by atomic mass is 16.6. The first-order valence-electron chi connectivity index (χ1n) is 11.6. The average Bonchev–Trinajstić information content (AvgIpc) is 3.39. The van der Waals surface area contributed by atoms with Crippen LogP contribution in [0.1, 0.15) is 50.3 Å². The number of ether oxygens (including phenoxy) is 1. The Morgan fingerprint density at radius 1 is 1.24 bits per heavy atom. The number of nitriles is 1. The number of fused-ring (bicyclic) bond motifs is 1. The summed E-state index contributed by atoms with van der Waals surface area (Å²) in [5.74, 6) is 0. The Labute approximate surface area is 198 Å². The predicted molar refractivity (Wildman–Crippen MR) is 132 cm³/mol. The van der Waals surface area contributed by atoms with E-state index in [1.165, 1.54) is 12.0 Å². The number of benzene rings is 2. The van der Waals surface area contributed by atoms with E-state index in [1.54, 1.807) is 6.20 Å². The fourth-order valence-corrected chi connectivity index (χ4v) is 4.54. The molecule has 2 heterocycles. The zero-order chi connectivity index (χ0) is 23.7. The molecule has 2 aromatic carbocycles. The number of hydrogen-bond donors (Lipinski definition) is 1. The molecule has 7 heteroatoms. The lowest BCUT2D eigenvalue weighted by molar-refractivity contribution is 0.130. The summed E-state index contributed by atoms with van der Waals surface area (Å²) in [6.07, 6.45) is 8.29. The molecular formula is C27H27N5O2. The standard InChI is InChI=1S/C27H27N5O2/c1-18(2)34-27(33)30-21-9-7-20(8-10-21)26-24(15-28)23-11-6-19(16-31-13-12-29-17-31)14-25(23)32(26)22-4-3-5-22/h6-14,17-18,22H,3-5,16H2,1-2H3,(H,30,33). The van der Waals surface area contributed by atoms with E-state index in [0.717, 1.165) is 41.5 Å². The van der Waals surface area contributed by atoms with Crippen molar-refractivity contribution in [2.75, 3.05) is 5.32 Å². The third-order valence-corrected chi connectivity index (χ3v) is 6.29. The molecule has 0 saturated heterocycles. The zero-order valence-electron chi connectivity index (χ0n) is 19.4. The average molecular weight is 454 g/mol. The van der Waals surface area contributed by atoms with Crippen LogP contribution in [0.2, 0.25) is 0 Å². The lowest BCUT2D eigenvalue weighted by Gasteiger charge is -2.30. The first-order valence-corrected chi connectivity index (χ1v) is 11.6. The third kappa shape index (κ3) is 4.15. The Balaban J connectivity index is 1.56. The maximum atomic E-state index is 11.9. The maximum absolute atomic E-state index is 11.9. The van der Waals surface area contributed by atoms with Gasteiger partial charge in [-0.2, -0.15) is 5.26 Å². The van der Waals surface area contributed by atoms with Gasteiger partial charge >= 0.3 is 6.09 Å². The molecular weight excluding hydrogens is 426 g/mol. The monoisotopic (exact) mass is 453 g/mol. The highest BCUT2D eigenvalue weighted by Crippen LogP contribution is 2.42. The van der Waals surface area contributed by atoms with Crippen LogP contribution in [-0.2, 0) is 11.3 Å². The fourth-order valence-electron chi connectivity index (χ4n) is 4.54. The molecule has 1 amide bonds. The van der Waals surface area contributed by atoms with Crippen LogP contribution in [0.4, 0.5) is 10.5 Å². The van der Waals surface area contributed by atoms with Gasteiger partial charge in [0.05, 0.1) is 29.2 Å². The summed E-state index contributed by atoms with van der Waals surface area (Å²) in [6, 6.07) is 16.8. The Hall–Kier alpha value is -4.05. The summed E-state index contributed by atoms with van der Waals surface area (Å²) >= 11 is 0.